The SMILES string of the molecule is CC1CN2CCCCC2CN1CCNc1ccccc1Cl. The summed E-state index contributed by atoms with van der Waals surface area (Å²) in [6, 6.07) is 9.43. The summed E-state index contributed by atoms with van der Waals surface area (Å²) in [5.74, 6) is 0. The molecule has 2 aliphatic heterocycles. The molecule has 2 aliphatic rings. The quantitative estimate of drug-likeness (QED) is 0.920. The van der Waals surface area contributed by atoms with Crippen molar-refractivity contribution in [3.8, 4) is 0 Å². The largest absolute Gasteiger partial charge is 0.383 e. The summed E-state index contributed by atoms with van der Waals surface area (Å²) in [7, 11) is 0. The van der Waals surface area contributed by atoms with Gasteiger partial charge >= 0.3 is 0 Å². The number of hydrogen-bond acceptors (Lipinski definition) is 3. The first-order valence-corrected chi connectivity index (χ1v) is 8.58. The second-order valence-electron chi connectivity index (χ2n) is 6.40. The molecule has 4 heteroatoms. The number of nitrogens with one attached hydrogen (secondary N) is 1. The number of rotatable bonds is 4. The molecule has 2 saturated heterocycles. The third-order valence-corrected chi connectivity index (χ3v) is 5.23. The van der Waals surface area contributed by atoms with Crippen LogP contribution in [-0.2, 0) is 0 Å². The topological polar surface area (TPSA) is 18.5 Å². The van der Waals surface area contributed by atoms with Crippen molar-refractivity contribution in [2.75, 3.05) is 38.0 Å². The molecule has 2 atom stereocenters. The van der Waals surface area contributed by atoms with Crippen LogP contribution in [0.3, 0.4) is 0 Å². The van der Waals surface area contributed by atoms with Crippen LogP contribution in [0.15, 0.2) is 24.3 Å². The zero-order valence-corrected chi connectivity index (χ0v) is 13.6. The zero-order valence-electron chi connectivity index (χ0n) is 12.9. The molecule has 2 unspecified atom stereocenters. The van der Waals surface area contributed by atoms with E-state index in [4.69, 9.17) is 11.6 Å². The van der Waals surface area contributed by atoms with E-state index in [9.17, 15) is 0 Å². The van der Waals surface area contributed by atoms with E-state index in [1.807, 2.05) is 24.3 Å². The number of anilines is 1. The van der Waals surface area contributed by atoms with E-state index in [1.54, 1.807) is 0 Å². The Morgan fingerprint density at radius 1 is 1.24 bits per heavy atom. The van der Waals surface area contributed by atoms with Gasteiger partial charge in [0.1, 0.15) is 0 Å². The van der Waals surface area contributed by atoms with Gasteiger partial charge in [0.15, 0.2) is 0 Å². The first-order chi connectivity index (χ1) is 10.2. The molecule has 1 aromatic carbocycles. The standard InChI is InChI=1S/C17H26ClN3/c1-14-12-21-10-5-4-6-15(21)13-20(14)11-9-19-17-8-3-2-7-16(17)18/h2-3,7-8,14-15,19H,4-6,9-13H2,1H3. The minimum atomic E-state index is 0.660. The lowest BCUT2D eigenvalue weighted by atomic mass is 9.97. The number of para-hydroxylation sites is 1. The summed E-state index contributed by atoms with van der Waals surface area (Å²) in [5.41, 5.74) is 1.04. The van der Waals surface area contributed by atoms with E-state index in [-0.39, 0.29) is 0 Å². The summed E-state index contributed by atoms with van der Waals surface area (Å²) in [6.45, 7) is 8.18. The van der Waals surface area contributed by atoms with Crippen LogP contribution in [0.1, 0.15) is 26.2 Å². The third-order valence-electron chi connectivity index (χ3n) is 4.90. The fourth-order valence-corrected chi connectivity index (χ4v) is 3.87. The maximum atomic E-state index is 6.18. The first-order valence-electron chi connectivity index (χ1n) is 8.20. The number of piperazine rings is 1. The summed E-state index contributed by atoms with van der Waals surface area (Å²) in [6.07, 6.45) is 4.17. The van der Waals surface area contributed by atoms with E-state index in [0.717, 1.165) is 29.8 Å². The van der Waals surface area contributed by atoms with Crippen LogP contribution in [0, 0.1) is 0 Å². The highest BCUT2D eigenvalue weighted by Gasteiger charge is 2.32. The molecule has 0 spiro atoms. The van der Waals surface area contributed by atoms with E-state index >= 15 is 0 Å². The van der Waals surface area contributed by atoms with Crippen molar-refractivity contribution in [2.45, 2.75) is 38.3 Å². The van der Waals surface area contributed by atoms with Gasteiger partial charge in [-0.05, 0) is 38.4 Å². The average molecular weight is 308 g/mol. The van der Waals surface area contributed by atoms with Gasteiger partial charge in [0.05, 0.1) is 10.7 Å². The predicted octanol–water partition coefficient (Wildman–Crippen LogP) is 3.31. The fourth-order valence-electron chi connectivity index (χ4n) is 3.66. The molecule has 3 nitrogen and oxygen atoms in total. The summed E-state index contributed by atoms with van der Waals surface area (Å²) < 4.78 is 0. The minimum Gasteiger partial charge on any atom is -0.383 e. The maximum Gasteiger partial charge on any atom is 0.0637 e. The van der Waals surface area contributed by atoms with Crippen molar-refractivity contribution < 1.29 is 0 Å². The predicted molar refractivity (Wildman–Crippen MR) is 90.2 cm³/mol. The number of halogens is 1. The zero-order chi connectivity index (χ0) is 14.7. The highest BCUT2D eigenvalue weighted by molar-refractivity contribution is 6.33. The fraction of sp³-hybridized carbons (Fsp3) is 0.647. The molecule has 3 rings (SSSR count). The van der Waals surface area contributed by atoms with Crippen LogP contribution >= 0.6 is 11.6 Å². The van der Waals surface area contributed by atoms with Gasteiger partial charge in [0, 0.05) is 38.3 Å². The van der Waals surface area contributed by atoms with Crippen molar-refractivity contribution in [1.29, 1.82) is 0 Å². The van der Waals surface area contributed by atoms with Crippen LogP contribution in [-0.4, -0.2) is 54.6 Å². The van der Waals surface area contributed by atoms with Crippen LogP contribution in [0.5, 0.6) is 0 Å². The minimum absolute atomic E-state index is 0.660. The van der Waals surface area contributed by atoms with Crippen LogP contribution in [0.25, 0.3) is 0 Å². The molecule has 2 fully saturated rings. The van der Waals surface area contributed by atoms with Gasteiger partial charge in [-0.15, -0.1) is 0 Å². The van der Waals surface area contributed by atoms with E-state index < -0.39 is 0 Å². The summed E-state index contributed by atoms with van der Waals surface area (Å²) in [5, 5.41) is 4.27. The first kappa shape index (κ1) is 15.1. The van der Waals surface area contributed by atoms with Crippen LogP contribution in [0.4, 0.5) is 5.69 Å². The van der Waals surface area contributed by atoms with Gasteiger partial charge in [-0.1, -0.05) is 30.2 Å². The number of piperidine rings is 1. The van der Waals surface area contributed by atoms with Crippen molar-refractivity contribution in [3.63, 3.8) is 0 Å². The second-order valence-corrected chi connectivity index (χ2v) is 6.80. The molecule has 1 N–H and O–H groups in total. The highest BCUT2D eigenvalue weighted by atomic mass is 35.5. The molecule has 0 aromatic heterocycles. The summed E-state index contributed by atoms with van der Waals surface area (Å²) in [4.78, 5) is 5.34. The molecule has 1 aromatic rings. The Labute approximate surface area is 133 Å². The Morgan fingerprint density at radius 3 is 2.95 bits per heavy atom. The van der Waals surface area contributed by atoms with Gasteiger partial charge in [-0.25, -0.2) is 0 Å². The number of benzene rings is 1. The molecular formula is C17H26ClN3. The summed E-state index contributed by atoms with van der Waals surface area (Å²) >= 11 is 6.18. The Balaban J connectivity index is 1.50. The lowest BCUT2D eigenvalue weighted by Crippen LogP contribution is -2.59. The van der Waals surface area contributed by atoms with Gasteiger partial charge in [-0.2, -0.15) is 0 Å². The van der Waals surface area contributed by atoms with Crippen molar-refractivity contribution in [1.82, 2.24) is 9.80 Å². The lowest BCUT2D eigenvalue weighted by Gasteiger charge is -2.47. The van der Waals surface area contributed by atoms with E-state index in [2.05, 4.69) is 22.0 Å². The molecule has 0 amide bonds. The van der Waals surface area contributed by atoms with Gasteiger partial charge < -0.3 is 5.32 Å². The maximum absolute atomic E-state index is 6.18. The monoisotopic (exact) mass is 307 g/mol. The Kier molecular flexibility index (Phi) is 5.04. The lowest BCUT2D eigenvalue weighted by molar-refractivity contribution is 0.0176. The Bertz CT molecular complexity index is 465. The van der Waals surface area contributed by atoms with E-state index in [0.29, 0.717) is 6.04 Å². The molecule has 116 valence electrons. The second kappa shape index (κ2) is 6.99. The number of nitrogens with zero attached hydrogens (tertiary/aromatic N) is 2. The Morgan fingerprint density at radius 2 is 2.10 bits per heavy atom. The number of fused-ring (bicyclic) bond motifs is 1. The molecular weight excluding hydrogens is 282 g/mol. The highest BCUT2D eigenvalue weighted by Crippen LogP contribution is 2.24. The van der Waals surface area contributed by atoms with Crippen LogP contribution < -0.4 is 5.32 Å². The van der Waals surface area contributed by atoms with Crippen molar-refractivity contribution in [3.05, 3.63) is 29.3 Å². The molecule has 21 heavy (non-hydrogen) atoms. The smallest absolute Gasteiger partial charge is 0.0637 e. The molecule has 0 bridgehead atoms. The third kappa shape index (κ3) is 3.71. The van der Waals surface area contributed by atoms with Gasteiger partial charge in [0.2, 0.25) is 0 Å². The van der Waals surface area contributed by atoms with Gasteiger partial charge in [0.25, 0.3) is 0 Å². The molecule has 2 heterocycles. The van der Waals surface area contributed by atoms with Crippen molar-refractivity contribution in [2.24, 2.45) is 0 Å². The normalized spacial score (nSPS) is 27.3. The van der Waals surface area contributed by atoms with Crippen molar-refractivity contribution >= 4 is 17.3 Å². The molecule has 0 saturated carbocycles. The van der Waals surface area contributed by atoms with Gasteiger partial charge in [-0.3, -0.25) is 9.80 Å². The van der Waals surface area contributed by atoms with E-state index in [1.165, 1.54) is 38.9 Å². The molecule has 0 radical (unpaired) electrons. The average Bonchev–Trinajstić information content (AvgIpc) is 2.49. The Hall–Kier alpha value is -0.770. The number of hydrogen-bond donors (Lipinski definition) is 1. The molecule has 0 aliphatic carbocycles. The van der Waals surface area contributed by atoms with Crippen LogP contribution in [0.2, 0.25) is 5.02 Å².